The lowest BCUT2D eigenvalue weighted by Gasteiger charge is -2.39. The van der Waals surface area contributed by atoms with Gasteiger partial charge in [-0.15, -0.1) is 0 Å². The van der Waals surface area contributed by atoms with Crippen molar-refractivity contribution >= 4 is 5.97 Å². The van der Waals surface area contributed by atoms with E-state index in [9.17, 15) is 50.8 Å². The van der Waals surface area contributed by atoms with Crippen molar-refractivity contribution in [3.63, 3.8) is 0 Å². The topological polar surface area (TPSA) is 236 Å². The molecule has 0 amide bonds. The molecular formula is C38H48O14. The van der Waals surface area contributed by atoms with E-state index in [1.54, 1.807) is 36.4 Å². The molecule has 3 aromatic rings. The first-order chi connectivity index (χ1) is 25.0. The monoisotopic (exact) mass is 728 g/mol. The van der Waals surface area contributed by atoms with Crippen LogP contribution in [-0.4, -0.2) is 127 Å². The summed E-state index contributed by atoms with van der Waals surface area (Å²) in [5, 5.41) is 89.4. The Morgan fingerprint density at radius 3 is 1.73 bits per heavy atom. The van der Waals surface area contributed by atoms with E-state index >= 15 is 0 Å². The minimum atomic E-state index is -1.60. The number of carboxylic acids is 1. The van der Waals surface area contributed by atoms with Crippen LogP contribution < -0.4 is 9.47 Å². The van der Waals surface area contributed by atoms with Crippen molar-refractivity contribution in [1.82, 2.24) is 0 Å². The SMILES string of the molecule is O=C(O)Cc1cccc(-c2cc(CCCCCCc3ccc(O[C@H]4O[C@H](CO)[C@@H](O)[C@H](O)[C@@H]4O)cc3)ccc2O[C@H]2O[C@H](CO)[C@@H](O)[C@H](O)[C@@H]2O)c1. The van der Waals surface area contributed by atoms with Crippen LogP contribution in [-0.2, 0) is 33.5 Å². The molecule has 2 aliphatic heterocycles. The summed E-state index contributed by atoms with van der Waals surface area (Å²) in [5.74, 6) is -0.252. The van der Waals surface area contributed by atoms with Crippen LogP contribution in [0.3, 0.4) is 0 Å². The average Bonchev–Trinajstić information content (AvgIpc) is 3.14. The third-order valence-electron chi connectivity index (χ3n) is 9.43. The number of rotatable bonds is 16. The number of carbonyl (C=O) groups is 1. The molecule has 9 N–H and O–H groups in total. The van der Waals surface area contributed by atoms with E-state index in [1.165, 1.54) is 0 Å². The summed E-state index contributed by atoms with van der Waals surface area (Å²) in [6.07, 6.45) is -8.78. The number of carboxylic acid groups (broad SMARTS) is 1. The van der Waals surface area contributed by atoms with Crippen LogP contribution in [0, 0.1) is 0 Å². The Hall–Kier alpha value is -3.67. The number of unbranched alkanes of at least 4 members (excludes halogenated alkanes) is 3. The number of aryl methyl sites for hydroxylation is 2. The minimum absolute atomic E-state index is 0.170. The normalized spacial score (nSPS) is 29.1. The molecule has 0 radical (unpaired) electrons. The van der Waals surface area contributed by atoms with E-state index in [-0.39, 0.29) is 6.42 Å². The van der Waals surface area contributed by atoms with Crippen LogP contribution in [0.1, 0.15) is 42.4 Å². The van der Waals surface area contributed by atoms with Gasteiger partial charge in [0, 0.05) is 5.56 Å². The number of ether oxygens (including phenoxy) is 4. The van der Waals surface area contributed by atoms with Gasteiger partial charge in [-0.25, -0.2) is 0 Å². The zero-order chi connectivity index (χ0) is 37.4. The van der Waals surface area contributed by atoms with Crippen LogP contribution in [0.5, 0.6) is 11.5 Å². The van der Waals surface area contributed by atoms with E-state index < -0.39 is 80.6 Å². The highest BCUT2D eigenvalue weighted by Crippen LogP contribution is 2.35. The number of aliphatic hydroxyl groups excluding tert-OH is 8. The summed E-state index contributed by atoms with van der Waals surface area (Å²) in [5.41, 5.74) is 4.00. The molecule has 0 bridgehead atoms. The van der Waals surface area contributed by atoms with E-state index in [1.807, 2.05) is 30.3 Å². The molecule has 0 aromatic heterocycles. The zero-order valence-corrected chi connectivity index (χ0v) is 28.6. The van der Waals surface area contributed by atoms with Gasteiger partial charge in [-0.1, -0.05) is 55.3 Å². The standard InChI is InChI=1S/C38H48O14/c39-19-28-31(43)33(45)35(47)37(51-28)49-25-13-10-21(11-14-25)6-3-1-2-4-7-22-12-15-27(50-38-36(48)34(46)32(44)29(20-40)52-38)26(17-22)24-9-5-8-23(16-24)18-30(41)42/h5,8-17,28-29,31-40,43-48H,1-4,6-7,18-20H2,(H,41,42)/t28-,29-,31-,32-,33+,34+,35+,36+,37+,38+/m1/s1. The quantitative estimate of drug-likeness (QED) is 0.0924. The fourth-order valence-corrected chi connectivity index (χ4v) is 6.42. The van der Waals surface area contributed by atoms with Gasteiger partial charge in [-0.05, 0) is 72.2 Å². The Morgan fingerprint density at radius 1 is 0.596 bits per heavy atom. The lowest BCUT2D eigenvalue weighted by atomic mass is 9.96. The predicted octanol–water partition coefficient (Wildman–Crippen LogP) is 0.684. The van der Waals surface area contributed by atoms with E-state index in [2.05, 4.69) is 0 Å². The zero-order valence-electron chi connectivity index (χ0n) is 28.6. The Balaban J connectivity index is 1.16. The average molecular weight is 729 g/mol. The Kier molecular flexibility index (Phi) is 14.0. The second kappa shape index (κ2) is 18.4. The van der Waals surface area contributed by atoms with Gasteiger partial charge >= 0.3 is 5.97 Å². The third kappa shape index (κ3) is 9.85. The van der Waals surface area contributed by atoms with Gasteiger partial charge in [0.2, 0.25) is 12.6 Å². The number of aliphatic hydroxyl groups is 8. The van der Waals surface area contributed by atoms with Gasteiger partial charge in [0.15, 0.2) is 0 Å². The molecule has 2 aliphatic rings. The van der Waals surface area contributed by atoms with Crippen LogP contribution in [0.4, 0.5) is 0 Å². The van der Waals surface area contributed by atoms with Gasteiger partial charge in [0.25, 0.3) is 0 Å². The first kappa shape index (κ1) is 39.5. The summed E-state index contributed by atoms with van der Waals surface area (Å²) in [6, 6.07) is 19.9. The first-order valence-electron chi connectivity index (χ1n) is 17.5. The molecule has 0 aliphatic carbocycles. The van der Waals surface area contributed by atoms with Crippen molar-refractivity contribution in [2.75, 3.05) is 13.2 Å². The van der Waals surface area contributed by atoms with Crippen LogP contribution in [0.2, 0.25) is 0 Å². The van der Waals surface area contributed by atoms with Gasteiger partial charge in [-0.2, -0.15) is 0 Å². The van der Waals surface area contributed by atoms with Crippen molar-refractivity contribution in [2.24, 2.45) is 0 Å². The Bertz CT molecular complexity index is 1580. The molecule has 0 unspecified atom stereocenters. The molecule has 5 rings (SSSR count). The van der Waals surface area contributed by atoms with Gasteiger partial charge in [0.05, 0.1) is 19.6 Å². The summed E-state index contributed by atoms with van der Waals surface area (Å²) in [7, 11) is 0. The molecule has 52 heavy (non-hydrogen) atoms. The van der Waals surface area contributed by atoms with Crippen molar-refractivity contribution < 1.29 is 69.7 Å². The number of hydrogen-bond acceptors (Lipinski definition) is 13. The maximum atomic E-state index is 11.4. The fraction of sp³-hybridized carbons (Fsp3) is 0.500. The van der Waals surface area contributed by atoms with Crippen molar-refractivity contribution in [2.45, 2.75) is 106 Å². The highest BCUT2D eigenvalue weighted by atomic mass is 16.7. The Labute approximate surface area is 301 Å². The van der Waals surface area contributed by atoms with Crippen LogP contribution in [0.25, 0.3) is 11.1 Å². The Morgan fingerprint density at radius 2 is 1.15 bits per heavy atom. The minimum Gasteiger partial charge on any atom is -0.481 e. The van der Waals surface area contributed by atoms with Crippen molar-refractivity contribution in [3.05, 3.63) is 83.4 Å². The molecule has 284 valence electrons. The van der Waals surface area contributed by atoms with Crippen LogP contribution in [0.15, 0.2) is 66.7 Å². The predicted molar refractivity (Wildman–Crippen MR) is 184 cm³/mol. The lowest BCUT2D eigenvalue weighted by molar-refractivity contribution is -0.277. The van der Waals surface area contributed by atoms with E-state index in [4.69, 9.17) is 18.9 Å². The molecule has 0 spiro atoms. The van der Waals surface area contributed by atoms with E-state index in [0.29, 0.717) is 28.2 Å². The largest absolute Gasteiger partial charge is 0.481 e. The van der Waals surface area contributed by atoms with Crippen molar-refractivity contribution in [3.8, 4) is 22.6 Å². The third-order valence-corrected chi connectivity index (χ3v) is 9.43. The maximum Gasteiger partial charge on any atom is 0.307 e. The molecule has 10 atom stereocenters. The molecular weight excluding hydrogens is 680 g/mol. The summed E-state index contributed by atoms with van der Waals surface area (Å²) >= 11 is 0. The molecule has 3 aromatic carbocycles. The molecule has 2 heterocycles. The molecule has 0 saturated carbocycles. The van der Waals surface area contributed by atoms with E-state index in [0.717, 1.165) is 49.7 Å². The molecule has 2 fully saturated rings. The number of hydrogen-bond donors (Lipinski definition) is 9. The van der Waals surface area contributed by atoms with Gasteiger partial charge < -0.3 is 64.9 Å². The molecule has 14 heteroatoms. The molecule has 2 saturated heterocycles. The van der Waals surface area contributed by atoms with Crippen molar-refractivity contribution in [1.29, 1.82) is 0 Å². The summed E-state index contributed by atoms with van der Waals surface area (Å²) < 4.78 is 22.7. The second-order valence-corrected chi connectivity index (χ2v) is 13.3. The van der Waals surface area contributed by atoms with Gasteiger partial charge in [0.1, 0.15) is 60.3 Å². The number of benzene rings is 3. The maximum absolute atomic E-state index is 11.4. The summed E-state index contributed by atoms with van der Waals surface area (Å²) in [6.45, 7) is -1.13. The summed E-state index contributed by atoms with van der Waals surface area (Å²) in [4.78, 5) is 11.4. The highest BCUT2D eigenvalue weighted by molar-refractivity contribution is 5.74. The lowest BCUT2D eigenvalue weighted by Crippen LogP contribution is -2.60. The smallest absolute Gasteiger partial charge is 0.307 e. The second-order valence-electron chi connectivity index (χ2n) is 13.3. The number of aliphatic carboxylic acids is 1. The van der Waals surface area contributed by atoms with Gasteiger partial charge in [-0.3, -0.25) is 4.79 Å². The first-order valence-corrected chi connectivity index (χ1v) is 17.5. The highest BCUT2D eigenvalue weighted by Gasteiger charge is 2.46. The molecule has 14 nitrogen and oxygen atoms in total. The fourth-order valence-electron chi connectivity index (χ4n) is 6.42. The van der Waals surface area contributed by atoms with Crippen LogP contribution >= 0.6 is 0 Å².